The number of benzene rings is 2. The molecule has 0 aromatic heterocycles. The van der Waals surface area contributed by atoms with E-state index in [4.69, 9.17) is 11.8 Å². The summed E-state index contributed by atoms with van der Waals surface area (Å²) >= 11 is 5.24. The Morgan fingerprint density at radius 2 is 1.74 bits per heavy atom. The molecule has 0 aliphatic carbocycles. The van der Waals surface area contributed by atoms with E-state index >= 15 is 0 Å². The molecular formula is C12H11ClN2O3S. The van der Waals surface area contributed by atoms with Crippen LogP contribution in [0.2, 0.25) is 0 Å². The topological polar surface area (TPSA) is 75.3 Å². The number of hydrogen-bond donors (Lipinski definition) is 2. The number of nitrogens with one attached hydrogen (secondary N) is 2. The number of carbonyl (C=O) groups is 1. The Labute approximate surface area is 115 Å². The van der Waals surface area contributed by atoms with Gasteiger partial charge in [0.05, 0.1) is 4.90 Å². The first-order valence-electron chi connectivity index (χ1n) is 5.37. The van der Waals surface area contributed by atoms with Crippen molar-refractivity contribution in [1.29, 1.82) is 0 Å². The van der Waals surface area contributed by atoms with E-state index in [0.29, 0.717) is 16.5 Å². The summed E-state index contributed by atoms with van der Waals surface area (Å²) in [7, 11) is -3.77. The minimum Gasteiger partial charge on any atom is -0.326 e. The molecule has 7 heteroatoms. The highest BCUT2D eigenvalue weighted by atomic mass is 35.5. The lowest BCUT2D eigenvalue weighted by atomic mass is 10.1. The smallest absolute Gasteiger partial charge is 0.254 e. The van der Waals surface area contributed by atoms with Gasteiger partial charge in [-0.05, 0) is 23.9 Å². The molecule has 0 atom stereocenters. The molecule has 0 saturated carbocycles. The number of hydrogen-bond acceptors (Lipinski definition) is 3. The Bertz CT molecular complexity index is 744. The fraction of sp³-hybridized carbons (Fsp3) is 0.0833. The third kappa shape index (κ3) is 2.70. The van der Waals surface area contributed by atoms with Crippen molar-refractivity contribution in [3.63, 3.8) is 0 Å². The average Bonchev–Trinajstić information content (AvgIpc) is 2.38. The van der Waals surface area contributed by atoms with Crippen molar-refractivity contribution in [3.05, 3.63) is 36.4 Å². The number of rotatable bonds is 3. The summed E-state index contributed by atoms with van der Waals surface area (Å²) in [6.07, 6.45) is 0. The van der Waals surface area contributed by atoms with Crippen molar-refractivity contribution < 1.29 is 13.2 Å². The Morgan fingerprint density at radius 1 is 1.11 bits per heavy atom. The molecule has 0 saturated heterocycles. The fourth-order valence-corrected chi connectivity index (χ4v) is 2.91. The monoisotopic (exact) mass is 298 g/mol. The molecule has 2 aromatic rings. The average molecular weight is 299 g/mol. The van der Waals surface area contributed by atoms with Gasteiger partial charge in [0.25, 0.3) is 10.0 Å². The molecule has 0 fully saturated rings. The summed E-state index contributed by atoms with van der Waals surface area (Å²) in [5.74, 6) is -0.226. The van der Waals surface area contributed by atoms with Crippen LogP contribution in [0.15, 0.2) is 41.3 Å². The zero-order chi connectivity index (χ0) is 14.0. The SMILES string of the molecule is CC(=O)Nc1cccc2c(S(=O)(=O)NCl)cccc12. The second-order valence-electron chi connectivity index (χ2n) is 3.92. The van der Waals surface area contributed by atoms with Crippen molar-refractivity contribution in [2.75, 3.05) is 5.32 Å². The lowest BCUT2D eigenvalue weighted by molar-refractivity contribution is -0.114. The van der Waals surface area contributed by atoms with Crippen molar-refractivity contribution in [2.24, 2.45) is 0 Å². The van der Waals surface area contributed by atoms with Crippen molar-refractivity contribution in [3.8, 4) is 0 Å². The van der Waals surface area contributed by atoms with E-state index in [-0.39, 0.29) is 10.8 Å². The standard InChI is InChI=1S/C12H11ClN2O3S/c1-8(16)14-11-6-2-5-10-9(11)4-3-7-12(10)19(17,18)15-13/h2-7,15H,1H3,(H,14,16). The lowest BCUT2D eigenvalue weighted by Crippen LogP contribution is -2.14. The number of amides is 1. The van der Waals surface area contributed by atoms with Crippen molar-refractivity contribution in [2.45, 2.75) is 11.8 Å². The molecule has 0 unspecified atom stereocenters. The van der Waals surface area contributed by atoms with Gasteiger partial charge in [0.15, 0.2) is 0 Å². The molecule has 2 N–H and O–H groups in total. The second kappa shape index (κ2) is 5.16. The first-order valence-corrected chi connectivity index (χ1v) is 7.23. The van der Waals surface area contributed by atoms with Crippen LogP contribution in [0.5, 0.6) is 0 Å². The van der Waals surface area contributed by atoms with Gasteiger partial charge in [0, 0.05) is 23.4 Å². The molecule has 0 radical (unpaired) electrons. The summed E-state index contributed by atoms with van der Waals surface area (Å²) in [5.41, 5.74) is 0.552. The van der Waals surface area contributed by atoms with Crippen LogP contribution < -0.4 is 9.56 Å². The molecule has 0 spiro atoms. The lowest BCUT2D eigenvalue weighted by Gasteiger charge is -2.10. The van der Waals surface area contributed by atoms with Gasteiger partial charge in [-0.2, -0.15) is 0 Å². The molecule has 0 heterocycles. The predicted molar refractivity (Wildman–Crippen MR) is 74.4 cm³/mol. The van der Waals surface area contributed by atoms with Crippen molar-refractivity contribution in [1.82, 2.24) is 4.24 Å². The third-order valence-electron chi connectivity index (χ3n) is 2.58. The zero-order valence-corrected chi connectivity index (χ0v) is 11.5. The zero-order valence-electron chi connectivity index (χ0n) is 9.98. The fourth-order valence-electron chi connectivity index (χ4n) is 1.86. The minimum absolute atomic E-state index is 0.0622. The Kier molecular flexibility index (Phi) is 3.75. The highest BCUT2D eigenvalue weighted by molar-refractivity contribution is 7.90. The van der Waals surface area contributed by atoms with Crippen LogP contribution in [-0.4, -0.2) is 14.3 Å². The molecule has 0 aliphatic rings. The number of sulfonamides is 1. The highest BCUT2D eigenvalue weighted by Crippen LogP contribution is 2.28. The predicted octanol–water partition coefficient (Wildman–Crippen LogP) is 2.23. The minimum atomic E-state index is -3.77. The number of fused-ring (bicyclic) bond motifs is 1. The Hall–Kier alpha value is -1.63. The summed E-state index contributed by atoms with van der Waals surface area (Å²) in [5, 5.41) is 3.78. The molecular weight excluding hydrogens is 288 g/mol. The molecule has 5 nitrogen and oxygen atoms in total. The Balaban J connectivity index is 2.75. The van der Waals surface area contributed by atoms with E-state index in [9.17, 15) is 13.2 Å². The summed E-state index contributed by atoms with van der Waals surface area (Å²) in [6.45, 7) is 1.39. The van der Waals surface area contributed by atoms with E-state index in [1.807, 2.05) is 0 Å². The van der Waals surface area contributed by atoms with Crippen LogP contribution in [0.25, 0.3) is 10.8 Å². The molecule has 2 rings (SSSR count). The van der Waals surface area contributed by atoms with Gasteiger partial charge >= 0.3 is 0 Å². The van der Waals surface area contributed by atoms with Crippen LogP contribution in [0.3, 0.4) is 0 Å². The highest BCUT2D eigenvalue weighted by Gasteiger charge is 2.16. The van der Waals surface area contributed by atoms with E-state index < -0.39 is 10.0 Å². The van der Waals surface area contributed by atoms with Crippen LogP contribution in [0.4, 0.5) is 5.69 Å². The summed E-state index contributed by atoms with van der Waals surface area (Å²) < 4.78 is 25.4. The quantitative estimate of drug-likeness (QED) is 0.853. The number of halogens is 1. The third-order valence-corrected chi connectivity index (χ3v) is 4.33. The first kappa shape index (κ1) is 13.8. The van der Waals surface area contributed by atoms with Gasteiger partial charge in [-0.1, -0.05) is 24.3 Å². The van der Waals surface area contributed by atoms with E-state index in [0.717, 1.165) is 0 Å². The maximum absolute atomic E-state index is 11.8. The molecule has 0 bridgehead atoms. The maximum Gasteiger partial charge on any atom is 0.254 e. The number of anilines is 1. The molecule has 2 aromatic carbocycles. The van der Waals surface area contributed by atoms with Gasteiger partial charge in [0.2, 0.25) is 5.91 Å². The van der Waals surface area contributed by atoms with Gasteiger partial charge in [-0.15, -0.1) is 4.24 Å². The normalized spacial score (nSPS) is 11.5. The van der Waals surface area contributed by atoms with Gasteiger partial charge in [0.1, 0.15) is 0 Å². The van der Waals surface area contributed by atoms with Crippen molar-refractivity contribution >= 4 is 44.2 Å². The van der Waals surface area contributed by atoms with E-state index in [2.05, 4.69) is 5.32 Å². The van der Waals surface area contributed by atoms with Gasteiger partial charge in [-0.25, -0.2) is 8.42 Å². The van der Waals surface area contributed by atoms with E-state index in [1.54, 1.807) is 34.6 Å². The number of carbonyl (C=O) groups excluding carboxylic acids is 1. The maximum atomic E-state index is 11.8. The largest absolute Gasteiger partial charge is 0.326 e. The van der Waals surface area contributed by atoms with E-state index in [1.165, 1.54) is 13.0 Å². The van der Waals surface area contributed by atoms with Crippen LogP contribution in [0.1, 0.15) is 6.92 Å². The summed E-state index contributed by atoms with van der Waals surface area (Å²) in [6, 6.07) is 9.80. The Morgan fingerprint density at radius 3 is 2.37 bits per heavy atom. The second-order valence-corrected chi connectivity index (χ2v) is 5.98. The van der Waals surface area contributed by atoms with Gasteiger partial charge in [-0.3, -0.25) is 4.79 Å². The summed E-state index contributed by atoms with van der Waals surface area (Å²) in [4.78, 5) is 11.2. The van der Waals surface area contributed by atoms with Crippen LogP contribution in [-0.2, 0) is 14.8 Å². The molecule has 1 amide bonds. The van der Waals surface area contributed by atoms with Crippen LogP contribution in [0, 0.1) is 0 Å². The van der Waals surface area contributed by atoms with Crippen LogP contribution >= 0.6 is 11.8 Å². The molecule has 0 aliphatic heterocycles. The first-order chi connectivity index (χ1) is 8.95. The molecule has 100 valence electrons. The molecule has 19 heavy (non-hydrogen) atoms. The van der Waals surface area contributed by atoms with Gasteiger partial charge < -0.3 is 5.32 Å².